The van der Waals surface area contributed by atoms with Gasteiger partial charge in [0.1, 0.15) is 0 Å². The first kappa shape index (κ1) is 17.8. The van der Waals surface area contributed by atoms with Gasteiger partial charge < -0.3 is 9.14 Å². The standard InChI is InChI=1S/C18H12Cl3NO3/c1-2-25-18(24)15-12-5-3-4-8-22(12)13(9-23)14(15)10-6-7-11(19)17(21)16(10)20/h3-9H,2H2,1H3. The Morgan fingerprint density at radius 2 is 1.92 bits per heavy atom. The van der Waals surface area contributed by atoms with Gasteiger partial charge in [-0.15, -0.1) is 0 Å². The maximum Gasteiger partial charge on any atom is 0.340 e. The van der Waals surface area contributed by atoms with Gasteiger partial charge in [-0.1, -0.05) is 46.9 Å². The molecule has 3 rings (SSSR count). The summed E-state index contributed by atoms with van der Waals surface area (Å²) in [6.07, 6.45) is 2.36. The van der Waals surface area contributed by atoms with Crippen molar-refractivity contribution in [1.82, 2.24) is 4.40 Å². The molecule has 0 bridgehead atoms. The van der Waals surface area contributed by atoms with Crippen LogP contribution in [0.1, 0.15) is 27.8 Å². The highest BCUT2D eigenvalue weighted by Gasteiger charge is 2.27. The molecule has 0 radical (unpaired) electrons. The van der Waals surface area contributed by atoms with E-state index in [1.165, 1.54) is 0 Å². The predicted octanol–water partition coefficient (Wildman–Crippen LogP) is 5.56. The van der Waals surface area contributed by atoms with E-state index in [-0.39, 0.29) is 32.9 Å². The lowest BCUT2D eigenvalue weighted by Crippen LogP contribution is -2.06. The molecule has 0 aliphatic carbocycles. The summed E-state index contributed by atoms with van der Waals surface area (Å²) in [7, 11) is 0. The number of rotatable bonds is 4. The van der Waals surface area contributed by atoms with Crippen LogP contribution in [-0.4, -0.2) is 23.3 Å². The van der Waals surface area contributed by atoms with E-state index < -0.39 is 5.97 Å². The average molecular weight is 397 g/mol. The minimum absolute atomic E-state index is 0.155. The number of nitrogens with zero attached hydrogens (tertiary/aromatic N) is 1. The van der Waals surface area contributed by atoms with Crippen LogP contribution in [0.15, 0.2) is 36.5 Å². The lowest BCUT2D eigenvalue weighted by molar-refractivity contribution is 0.0529. The normalized spacial score (nSPS) is 10.9. The number of pyridine rings is 1. The van der Waals surface area contributed by atoms with Gasteiger partial charge in [0, 0.05) is 17.3 Å². The summed E-state index contributed by atoms with van der Waals surface area (Å²) >= 11 is 18.5. The number of benzene rings is 1. The fourth-order valence-corrected chi connectivity index (χ4v) is 3.38. The fraction of sp³-hybridized carbons (Fsp3) is 0.111. The van der Waals surface area contributed by atoms with Crippen molar-refractivity contribution in [2.24, 2.45) is 0 Å². The van der Waals surface area contributed by atoms with Crippen LogP contribution in [0.4, 0.5) is 0 Å². The number of aromatic nitrogens is 1. The second kappa shape index (κ2) is 7.08. The van der Waals surface area contributed by atoms with Crippen molar-refractivity contribution >= 4 is 52.6 Å². The number of ether oxygens (including phenoxy) is 1. The van der Waals surface area contributed by atoms with Crippen molar-refractivity contribution in [2.45, 2.75) is 6.92 Å². The third kappa shape index (κ3) is 2.91. The van der Waals surface area contributed by atoms with E-state index in [0.717, 1.165) is 0 Å². The maximum atomic E-state index is 12.6. The van der Waals surface area contributed by atoms with E-state index in [2.05, 4.69) is 0 Å². The summed E-state index contributed by atoms with van der Waals surface area (Å²) in [4.78, 5) is 24.4. The Hall–Kier alpha value is -2.01. The van der Waals surface area contributed by atoms with Crippen molar-refractivity contribution in [3.8, 4) is 11.1 Å². The topological polar surface area (TPSA) is 47.8 Å². The van der Waals surface area contributed by atoms with Crippen LogP contribution in [-0.2, 0) is 4.74 Å². The van der Waals surface area contributed by atoms with E-state index in [4.69, 9.17) is 39.5 Å². The summed E-state index contributed by atoms with van der Waals surface area (Å²) in [5.74, 6) is -0.545. The van der Waals surface area contributed by atoms with Crippen LogP contribution >= 0.6 is 34.8 Å². The Morgan fingerprint density at radius 3 is 2.60 bits per heavy atom. The van der Waals surface area contributed by atoms with Gasteiger partial charge in [-0.05, 0) is 25.1 Å². The highest BCUT2D eigenvalue weighted by Crippen LogP contribution is 2.42. The number of carbonyl (C=O) groups is 2. The molecule has 7 heteroatoms. The summed E-state index contributed by atoms with van der Waals surface area (Å²) in [5, 5.41) is 0.603. The molecule has 3 aromatic rings. The highest BCUT2D eigenvalue weighted by molar-refractivity contribution is 6.49. The van der Waals surface area contributed by atoms with Crippen LogP contribution in [0.3, 0.4) is 0 Å². The second-order valence-electron chi connectivity index (χ2n) is 5.15. The molecule has 128 valence electrons. The maximum absolute atomic E-state index is 12.6. The van der Waals surface area contributed by atoms with Gasteiger partial charge in [0.15, 0.2) is 6.29 Å². The number of hydrogen-bond acceptors (Lipinski definition) is 3. The molecule has 0 aliphatic rings. The molecule has 0 saturated heterocycles. The van der Waals surface area contributed by atoms with E-state index >= 15 is 0 Å². The molecule has 1 aromatic carbocycles. The zero-order chi connectivity index (χ0) is 18.1. The third-order valence-electron chi connectivity index (χ3n) is 3.78. The molecule has 2 aromatic heterocycles. The van der Waals surface area contributed by atoms with E-state index in [0.29, 0.717) is 22.9 Å². The van der Waals surface area contributed by atoms with Gasteiger partial charge in [0.2, 0.25) is 0 Å². The first-order valence-corrected chi connectivity index (χ1v) is 8.53. The molecule has 0 saturated carbocycles. The Morgan fingerprint density at radius 1 is 1.16 bits per heavy atom. The number of aldehydes is 1. The largest absolute Gasteiger partial charge is 0.462 e. The average Bonchev–Trinajstić information content (AvgIpc) is 2.94. The Bertz CT molecular complexity index is 995. The lowest BCUT2D eigenvalue weighted by atomic mass is 10.0. The van der Waals surface area contributed by atoms with Crippen molar-refractivity contribution in [3.63, 3.8) is 0 Å². The molecule has 0 N–H and O–H groups in total. The van der Waals surface area contributed by atoms with Crippen LogP contribution in [0.2, 0.25) is 15.1 Å². The van der Waals surface area contributed by atoms with Gasteiger partial charge in [-0.25, -0.2) is 4.79 Å². The Labute approximate surface area is 158 Å². The predicted molar refractivity (Wildman–Crippen MR) is 99.2 cm³/mol. The first-order chi connectivity index (χ1) is 12.0. The minimum Gasteiger partial charge on any atom is -0.462 e. The van der Waals surface area contributed by atoms with Gasteiger partial charge in [-0.3, -0.25) is 4.79 Å². The zero-order valence-electron chi connectivity index (χ0n) is 13.1. The summed E-state index contributed by atoms with van der Waals surface area (Å²) < 4.78 is 6.80. The minimum atomic E-state index is -0.545. The smallest absolute Gasteiger partial charge is 0.340 e. The molecule has 0 atom stereocenters. The molecule has 4 nitrogen and oxygen atoms in total. The van der Waals surface area contributed by atoms with Crippen molar-refractivity contribution in [2.75, 3.05) is 6.61 Å². The van der Waals surface area contributed by atoms with Gasteiger partial charge in [0.05, 0.1) is 38.4 Å². The Kier molecular flexibility index (Phi) is 5.04. The number of halogens is 3. The molecule has 0 aliphatic heterocycles. The summed E-state index contributed by atoms with van der Waals surface area (Å²) in [6, 6.07) is 8.45. The van der Waals surface area contributed by atoms with Gasteiger partial charge in [0.25, 0.3) is 0 Å². The number of esters is 1. The molecule has 0 amide bonds. The Balaban J connectivity index is 2.45. The van der Waals surface area contributed by atoms with Crippen molar-refractivity contribution in [1.29, 1.82) is 0 Å². The lowest BCUT2D eigenvalue weighted by Gasteiger charge is -2.09. The summed E-state index contributed by atoms with van der Waals surface area (Å²) in [6.45, 7) is 1.91. The molecule has 2 heterocycles. The fourth-order valence-electron chi connectivity index (χ4n) is 2.75. The molecular formula is C18H12Cl3NO3. The quantitative estimate of drug-likeness (QED) is 0.330. The number of hydrogen-bond donors (Lipinski definition) is 0. The SMILES string of the molecule is CCOC(=O)c1c(-c2ccc(Cl)c(Cl)c2Cl)c(C=O)n2ccccc12. The van der Waals surface area contributed by atoms with Crippen molar-refractivity contribution < 1.29 is 14.3 Å². The third-order valence-corrected chi connectivity index (χ3v) is 5.07. The molecule has 0 spiro atoms. The van der Waals surface area contributed by atoms with Gasteiger partial charge >= 0.3 is 5.97 Å². The van der Waals surface area contributed by atoms with Crippen molar-refractivity contribution in [3.05, 3.63) is 62.9 Å². The van der Waals surface area contributed by atoms with E-state index in [9.17, 15) is 9.59 Å². The number of fused-ring (bicyclic) bond motifs is 1. The van der Waals surface area contributed by atoms with Crippen LogP contribution in [0.25, 0.3) is 16.6 Å². The molecule has 0 fully saturated rings. The van der Waals surface area contributed by atoms with Crippen LogP contribution in [0.5, 0.6) is 0 Å². The van der Waals surface area contributed by atoms with Crippen LogP contribution in [0, 0.1) is 0 Å². The molecular weight excluding hydrogens is 385 g/mol. The summed E-state index contributed by atoms with van der Waals surface area (Å²) in [5.41, 5.74) is 1.87. The van der Waals surface area contributed by atoms with E-state index in [1.807, 2.05) is 0 Å². The molecule has 25 heavy (non-hydrogen) atoms. The monoisotopic (exact) mass is 395 g/mol. The van der Waals surface area contributed by atoms with Gasteiger partial charge in [-0.2, -0.15) is 0 Å². The van der Waals surface area contributed by atoms with Crippen LogP contribution < -0.4 is 0 Å². The first-order valence-electron chi connectivity index (χ1n) is 7.40. The number of carbonyl (C=O) groups excluding carboxylic acids is 2. The highest BCUT2D eigenvalue weighted by atomic mass is 35.5. The molecule has 0 unspecified atom stereocenters. The van der Waals surface area contributed by atoms with E-state index in [1.54, 1.807) is 47.9 Å². The second-order valence-corrected chi connectivity index (χ2v) is 6.32. The zero-order valence-corrected chi connectivity index (χ0v) is 15.3.